The van der Waals surface area contributed by atoms with Gasteiger partial charge in [-0.1, -0.05) is 30.3 Å². The Morgan fingerprint density at radius 3 is 2.20 bits per heavy atom. The molecule has 0 saturated heterocycles. The van der Waals surface area contributed by atoms with Crippen LogP contribution < -0.4 is 10.2 Å². The van der Waals surface area contributed by atoms with Crippen LogP contribution in [0.4, 0.5) is 0 Å². The van der Waals surface area contributed by atoms with Crippen molar-refractivity contribution in [2.45, 2.75) is 24.8 Å². The van der Waals surface area contributed by atoms with E-state index in [0.29, 0.717) is 10.8 Å². The highest BCUT2D eigenvalue weighted by Crippen LogP contribution is 2.22. The van der Waals surface area contributed by atoms with Crippen LogP contribution in [0.5, 0.6) is 0 Å². The van der Waals surface area contributed by atoms with E-state index in [0.717, 1.165) is 0 Å². The lowest BCUT2D eigenvalue weighted by Gasteiger charge is -2.13. The van der Waals surface area contributed by atoms with Gasteiger partial charge in [-0.2, -0.15) is 0 Å². The summed E-state index contributed by atoms with van der Waals surface area (Å²) in [6, 6.07) is 9.34. The highest BCUT2D eigenvalue weighted by atomic mass is 32.2. The Kier molecular flexibility index (Phi) is 4.15. The lowest BCUT2D eigenvalue weighted by molar-refractivity contribution is 0.426. The van der Waals surface area contributed by atoms with E-state index in [1.54, 1.807) is 38.1 Å². The first-order valence-electron chi connectivity index (χ1n) is 6.23. The van der Waals surface area contributed by atoms with Crippen LogP contribution in [0.15, 0.2) is 41.3 Å². The van der Waals surface area contributed by atoms with E-state index in [4.69, 9.17) is 0 Å². The Labute approximate surface area is 118 Å². The van der Waals surface area contributed by atoms with Gasteiger partial charge in [-0.05, 0) is 30.8 Å². The third-order valence-corrected chi connectivity index (χ3v) is 4.59. The van der Waals surface area contributed by atoms with Gasteiger partial charge < -0.3 is 10.0 Å². The number of sulfonamides is 1. The summed E-state index contributed by atoms with van der Waals surface area (Å²) in [5.74, 6) is 0. The molecule has 0 unspecified atom stereocenters. The number of hydrogen-bond acceptors (Lipinski definition) is 4. The molecule has 0 spiro atoms. The van der Waals surface area contributed by atoms with Gasteiger partial charge in [-0.15, -0.1) is 0 Å². The minimum absolute atomic E-state index is 0.131. The molecule has 2 rings (SSSR count). The van der Waals surface area contributed by atoms with Crippen molar-refractivity contribution in [2.75, 3.05) is 0 Å². The van der Waals surface area contributed by atoms with Gasteiger partial charge in [0, 0.05) is 11.4 Å². The van der Waals surface area contributed by atoms with Crippen molar-refractivity contribution in [2.24, 2.45) is 0 Å². The van der Waals surface area contributed by atoms with Crippen LogP contribution in [0.1, 0.15) is 13.8 Å². The Balaban J connectivity index is 2.71. The van der Waals surface area contributed by atoms with Crippen LogP contribution in [-0.2, 0) is 10.0 Å². The smallest absolute Gasteiger partial charge is 0.423 e. The number of fused-ring (bicyclic) bond motifs is 1. The van der Waals surface area contributed by atoms with Crippen LogP contribution >= 0.6 is 0 Å². The molecule has 2 aromatic rings. The average Bonchev–Trinajstić information content (AvgIpc) is 2.35. The van der Waals surface area contributed by atoms with Gasteiger partial charge in [-0.3, -0.25) is 0 Å². The molecule has 0 radical (unpaired) electrons. The molecular formula is C13H16BNO4S. The molecule has 5 nitrogen and oxygen atoms in total. The summed E-state index contributed by atoms with van der Waals surface area (Å²) in [5, 5.41) is 19.7. The van der Waals surface area contributed by atoms with Crippen LogP contribution in [0.3, 0.4) is 0 Å². The molecule has 0 aliphatic carbocycles. The molecule has 2 aromatic carbocycles. The zero-order chi connectivity index (χ0) is 14.9. The average molecular weight is 293 g/mol. The van der Waals surface area contributed by atoms with Crippen molar-refractivity contribution in [3.05, 3.63) is 36.4 Å². The summed E-state index contributed by atoms with van der Waals surface area (Å²) in [4.78, 5) is 0.131. The third-order valence-electron chi connectivity index (χ3n) is 2.88. The van der Waals surface area contributed by atoms with E-state index < -0.39 is 17.1 Å². The third kappa shape index (κ3) is 2.86. The molecule has 20 heavy (non-hydrogen) atoms. The molecular weight excluding hydrogens is 277 g/mol. The summed E-state index contributed by atoms with van der Waals surface area (Å²) in [6.45, 7) is 3.48. The molecule has 0 amide bonds. The lowest BCUT2D eigenvalue weighted by atomic mass is 9.77. The number of nitrogens with one attached hydrogen (secondary N) is 1. The fourth-order valence-corrected chi connectivity index (χ4v) is 3.59. The fourth-order valence-electron chi connectivity index (χ4n) is 2.13. The minimum atomic E-state index is -3.64. The molecule has 0 heterocycles. The topological polar surface area (TPSA) is 86.6 Å². The first-order chi connectivity index (χ1) is 9.33. The maximum atomic E-state index is 12.3. The molecule has 0 saturated carbocycles. The number of hydrogen-bond donors (Lipinski definition) is 3. The Morgan fingerprint density at radius 1 is 1.05 bits per heavy atom. The van der Waals surface area contributed by atoms with Crippen molar-refractivity contribution in [1.82, 2.24) is 4.72 Å². The highest BCUT2D eigenvalue weighted by molar-refractivity contribution is 7.89. The molecule has 3 N–H and O–H groups in total. The highest BCUT2D eigenvalue weighted by Gasteiger charge is 2.22. The van der Waals surface area contributed by atoms with Crippen LogP contribution in [0.2, 0.25) is 0 Å². The normalized spacial score (nSPS) is 12.1. The standard InChI is InChI=1S/C13H16BNO4S/c1-9(2)15-20(18,19)13-8-7-12(14(16)17)10-5-3-4-6-11(10)13/h3-9,15-17H,1-2H3. The molecule has 0 bridgehead atoms. The van der Waals surface area contributed by atoms with E-state index in [1.807, 2.05) is 0 Å². The molecule has 0 aliphatic heterocycles. The van der Waals surface area contributed by atoms with Crippen LogP contribution in [-0.4, -0.2) is 31.6 Å². The second-order valence-electron chi connectivity index (χ2n) is 4.85. The quantitative estimate of drug-likeness (QED) is 0.703. The van der Waals surface area contributed by atoms with Crippen LogP contribution in [0.25, 0.3) is 10.8 Å². The Bertz CT molecular complexity index is 728. The van der Waals surface area contributed by atoms with Crippen molar-refractivity contribution >= 4 is 33.4 Å². The van der Waals surface area contributed by atoms with Gasteiger partial charge in [0.1, 0.15) is 0 Å². The first kappa shape index (κ1) is 15.0. The van der Waals surface area contributed by atoms with Gasteiger partial charge in [0.25, 0.3) is 0 Å². The number of benzene rings is 2. The van der Waals surface area contributed by atoms with Crippen molar-refractivity contribution < 1.29 is 18.5 Å². The zero-order valence-corrected chi connectivity index (χ0v) is 12.1. The largest absolute Gasteiger partial charge is 0.489 e. The van der Waals surface area contributed by atoms with Crippen molar-refractivity contribution in [1.29, 1.82) is 0 Å². The van der Waals surface area contributed by atoms with Gasteiger partial charge in [0.15, 0.2) is 0 Å². The SMILES string of the molecule is CC(C)NS(=O)(=O)c1ccc(B(O)O)c2ccccc12. The summed E-state index contributed by atoms with van der Waals surface area (Å²) >= 11 is 0. The van der Waals surface area contributed by atoms with Gasteiger partial charge in [0.2, 0.25) is 10.0 Å². The zero-order valence-electron chi connectivity index (χ0n) is 11.2. The molecule has 0 atom stereocenters. The fraction of sp³-hybridized carbons (Fsp3) is 0.231. The van der Waals surface area contributed by atoms with E-state index in [1.165, 1.54) is 12.1 Å². The Morgan fingerprint density at radius 2 is 1.65 bits per heavy atom. The summed E-state index contributed by atoms with van der Waals surface area (Å²) < 4.78 is 27.1. The van der Waals surface area contributed by atoms with Gasteiger partial charge >= 0.3 is 7.12 Å². The predicted molar refractivity (Wildman–Crippen MR) is 79.2 cm³/mol. The monoisotopic (exact) mass is 293 g/mol. The summed E-state index contributed by atoms with van der Waals surface area (Å²) in [5.41, 5.74) is 0.282. The van der Waals surface area contributed by atoms with Gasteiger partial charge in [-0.25, -0.2) is 13.1 Å². The number of rotatable bonds is 4. The molecule has 0 fully saturated rings. The van der Waals surface area contributed by atoms with Crippen molar-refractivity contribution in [3.8, 4) is 0 Å². The molecule has 7 heteroatoms. The molecule has 106 valence electrons. The van der Waals surface area contributed by atoms with Crippen LogP contribution in [0, 0.1) is 0 Å². The summed E-state index contributed by atoms with van der Waals surface area (Å²) in [6.07, 6.45) is 0. The minimum Gasteiger partial charge on any atom is -0.423 e. The van der Waals surface area contributed by atoms with Gasteiger partial charge in [0.05, 0.1) is 4.90 Å². The van der Waals surface area contributed by atoms with E-state index in [2.05, 4.69) is 4.72 Å². The molecule has 0 aromatic heterocycles. The second-order valence-corrected chi connectivity index (χ2v) is 6.53. The van der Waals surface area contributed by atoms with E-state index >= 15 is 0 Å². The van der Waals surface area contributed by atoms with Crippen molar-refractivity contribution in [3.63, 3.8) is 0 Å². The first-order valence-corrected chi connectivity index (χ1v) is 7.71. The maximum Gasteiger partial charge on any atom is 0.489 e. The van der Waals surface area contributed by atoms with E-state index in [-0.39, 0.29) is 16.4 Å². The summed E-state index contributed by atoms with van der Waals surface area (Å²) in [7, 11) is -5.29. The van der Waals surface area contributed by atoms with E-state index in [9.17, 15) is 18.5 Å². The Hall–Kier alpha value is -1.41. The second kappa shape index (κ2) is 5.53. The molecule has 0 aliphatic rings. The maximum absolute atomic E-state index is 12.3. The predicted octanol–water partition coefficient (Wildman–Crippen LogP) is 0.206. The lowest BCUT2D eigenvalue weighted by Crippen LogP contribution is -2.33.